The lowest BCUT2D eigenvalue weighted by atomic mass is 10.2. The van der Waals surface area contributed by atoms with Crippen LogP contribution in [0.3, 0.4) is 0 Å². The van der Waals surface area contributed by atoms with E-state index in [-0.39, 0.29) is 11.6 Å². The Morgan fingerprint density at radius 1 is 1.08 bits per heavy atom. The molecule has 0 unspecified atom stereocenters. The van der Waals surface area contributed by atoms with Crippen molar-refractivity contribution in [2.45, 2.75) is 13.1 Å². The number of aryl methyl sites for hydroxylation is 1. The van der Waals surface area contributed by atoms with Crippen molar-refractivity contribution in [3.63, 3.8) is 0 Å². The number of carbonyl (C=O) groups excluding carboxylic acids is 1. The lowest BCUT2D eigenvalue weighted by molar-refractivity contribution is -0.137. The van der Waals surface area contributed by atoms with Crippen molar-refractivity contribution in [2.75, 3.05) is 5.32 Å². The third-order valence-electron chi connectivity index (χ3n) is 3.47. The summed E-state index contributed by atoms with van der Waals surface area (Å²) in [6.45, 7) is 1.64. The fraction of sp³-hybridized carbons (Fsp3) is 0.111. The van der Waals surface area contributed by atoms with E-state index in [9.17, 15) is 18.0 Å². The highest BCUT2D eigenvalue weighted by molar-refractivity contribution is 5.90. The van der Waals surface area contributed by atoms with Gasteiger partial charge < -0.3 is 10.1 Å². The number of amides is 1. The maximum Gasteiger partial charge on any atom is 0.416 e. The van der Waals surface area contributed by atoms with Gasteiger partial charge in [0.05, 0.1) is 11.3 Å². The molecule has 0 aliphatic heterocycles. The van der Waals surface area contributed by atoms with Gasteiger partial charge in [0.1, 0.15) is 5.75 Å². The zero-order chi connectivity index (χ0) is 18.7. The number of alkyl halides is 3. The van der Waals surface area contributed by atoms with Crippen LogP contribution in [0.1, 0.15) is 11.3 Å². The van der Waals surface area contributed by atoms with Crippen molar-refractivity contribution in [2.24, 2.45) is 0 Å². The number of rotatable bonds is 3. The standard InChI is InChI=1S/C18H14F3N3O2/c1-12-10-16(26-15-9-5-6-13(11-15)18(19,20)21)23-24(12)17(25)22-14-7-3-2-4-8-14/h2-11H,1H3,(H,22,25). The van der Waals surface area contributed by atoms with Gasteiger partial charge in [0.2, 0.25) is 5.88 Å². The molecule has 0 bridgehead atoms. The van der Waals surface area contributed by atoms with Crippen LogP contribution in [0.2, 0.25) is 0 Å². The number of hydrogen-bond acceptors (Lipinski definition) is 3. The van der Waals surface area contributed by atoms with E-state index in [2.05, 4.69) is 10.4 Å². The van der Waals surface area contributed by atoms with Crippen LogP contribution in [-0.4, -0.2) is 15.8 Å². The van der Waals surface area contributed by atoms with Gasteiger partial charge in [-0.3, -0.25) is 0 Å². The number of carbonyl (C=O) groups is 1. The van der Waals surface area contributed by atoms with Crippen molar-refractivity contribution < 1.29 is 22.7 Å². The Bertz CT molecular complexity index is 921. The molecule has 5 nitrogen and oxygen atoms in total. The second kappa shape index (κ2) is 6.91. The summed E-state index contributed by atoms with van der Waals surface area (Å²) in [5.41, 5.74) is 0.237. The topological polar surface area (TPSA) is 56.2 Å². The summed E-state index contributed by atoms with van der Waals surface area (Å²) < 4.78 is 44.7. The Morgan fingerprint density at radius 2 is 1.81 bits per heavy atom. The van der Waals surface area contributed by atoms with Crippen molar-refractivity contribution in [1.82, 2.24) is 9.78 Å². The number of nitrogens with one attached hydrogen (secondary N) is 1. The number of para-hydroxylation sites is 1. The maximum atomic E-state index is 12.8. The molecule has 8 heteroatoms. The number of hydrogen-bond donors (Lipinski definition) is 1. The fourth-order valence-corrected chi connectivity index (χ4v) is 2.26. The van der Waals surface area contributed by atoms with Crippen molar-refractivity contribution >= 4 is 11.7 Å². The largest absolute Gasteiger partial charge is 0.438 e. The number of anilines is 1. The zero-order valence-electron chi connectivity index (χ0n) is 13.6. The van der Waals surface area contributed by atoms with E-state index in [1.807, 2.05) is 6.07 Å². The molecule has 0 aliphatic carbocycles. The Hall–Kier alpha value is -3.29. The number of ether oxygens (including phenoxy) is 1. The minimum Gasteiger partial charge on any atom is -0.438 e. The summed E-state index contributed by atoms with van der Waals surface area (Å²) in [6.07, 6.45) is -4.47. The molecule has 0 fully saturated rings. The summed E-state index contributed by atoms with van der Waals surface area (Å²) in [5, 5.41) is 6.66. The summed E-state index contributed by atoms with van der Waals surface area (Å²) in [7, 11) is 0. The molecule has 0 spiro atoms. The van der Waals surface area contributed by atoms with Crippen LogP contribution in [0.25, 0.3) is 0 Å². The molecular formula is C18H14F3N3O2. The Morgan fingerprint density at radius 3 is 2.50 bits per heavy atom. The molecule has 0 atom stereocenters. The van der Waals surface area contributed by atoms with E-state index in [0.29, 0.717) is 11.4 Å². The quantitative estimate of drug-likeness (QED) is 0.707. The smallest absolute Gasteiger partial charge is 0.416 e. The average Bonchev–Trinajstić information content (AvgIpc) is 2.95. The Kier molecular flexibility index (Phi) is 4.66. The zero-order valence-corrected chi connectivity index (χ0v) is 13.6. The highest BCUT2D eigenvalue weighted by Crippen LogP contribution is 2.32. The van der Waals surface area contributed by atoms with Crippen LogP contribution < -0.4 is 10.1 Å². The third kappa shape index (κ3) is 4.02. The molecule has 2 aromatic carbocycles. The third-order valence-corrected chi connectivity index (χ3v) is 3.47. The van der Waals surface area contributed by atoms with Gasteiger partial charge in [0.15, 0.2) is 0 Å². The minimum atomic E-state index is -4.47. The number of halogens is 3. The van der Waals surface area contributed by atoms with Crippen LogP contribution >= 0.6 is 0 Å². The van der Waals surface area contributed by atoms with Gasteiger partial charge in [-0.05, 0) is 37.3 Å². The molecule has 3 rings (SSSR count). The predicted octanol–water partition coefficient (Wildman–Crippen LogP) is 5.08. The van der Waals surface area contributed by atoms with E-state index in [4.69, 9.17) is 4.74 Å². The lowest BCUT2D eigenvalue weighted by Gasteiger charge is -2.08. The van der Waals surface area contributed by atoms with Crippen molar-refractivity contribution in [1.29, 1.82) is 0 Å². The first-order valence-electron chi connectivity index (χ1n) is 7.61. The normalized spacial score (nSPS) is 11.2. The summed E-state index contributed by atoms with van der Waals surface area (Å²) in [5.74, 6) is -0.00187. The maximum absolute atomic E-state index is 12.8. The van der Waals surface area contributed by atoms with Gasteiger partial charge in [-0.2, -0.15) is 17.9 Å². The number of nitrogens with zero attached hydrogens (tertiary/aromatic N) is 2. The molecule has 134 valence electrons. The highest BCUT2D eigenvalue weighted by Gasteiger charge is 2.30. The lowest BCUT2D eigenvalue weighted by Crippen LogP contribution is -2.21. The first-order chi connectivity index (χ1) is 12.3. The first-order valence-corrected chi connectivity index (χ1v) is 7.61. The van der Waals surface area contributed by atoms with Crippen LogP contribution in [0.5, 0.6) is 11.6 Å². The summed E-state index contributed by atoms with van der Waals surface area (Å²) in [6, 6.07) is 14.2. The molecule has 0 radical (unpaired) electrons. The van der Waals surface area contributed by atoms with E-state index in [0.717, 1.165) is 16.8 Å². The molecule has 3 aromatic rings. The van der Waals surface area contributed by atoms with Crippen molar-refractivity contribution in [3.8, 4) is 11.6 Å². The second-order valence-electron chi connectivity index (χ2n) is 5.46. The van der Waals surface area contributed by atoms with Gasteiger partial charge in [0.25, 0.3) is 0 Å². The van der Waals surface area contributed by atoms with E-state index in [1.165, 1.54) is 18.2 Å². The molecule has 1 N–H and O–H groups in total. The van der Waals surface area contributed by atoms with Crippen molar-refractivity contribution in [3.05, 3.63) is 71.9 Å². The first kappa shape index (κ1) is 17.5. The van der Waals surface area contributed by atoms with Crippen LogP contribution in [0, 0.1) is 6.92 Å². The molecule has 1 heterocycles. The molecular weight excluding hydrogens is 347 g/mol. The predicted molar refractivity (Wildman–Crippen MR) is 89.3 cm³/mol. The average molecular weight is 361 g/mol. The SMILES string of the molecule is Cc1cc(Oc2cccc(C(F)(F)F)c2)nn1C(=O)Nc1ccccc1. The van der Waals surface area contributed by atoms with Gasteiger partial charge in [-0.1, -0.05) is 24.3 Å². The number of aromatic nitrogens is 2. The van der Waals surface area contributed by atoms with E-state index in [1.54, 1.807) is 31.2 Å². The molecule has 1 aromatic heterocycles. The molecule has 1 amide bonds. The monoisotopic (exact) mass is 361 g/mol. The highest BCUT2D eigenvalue weighted by atomic mass is 19.4. The molecule has 0 aliphatic rings. The van der Waals surface area contributed by atoms with Crippen LogP contribution in [0.15, 0.2) is 60.7 Å². The second-order valence-corrected chi connectivity index (χ2v) is 5.46. The Balaban J connectivity index is 1.77. The van der Waals surface area contributed by atoms with Gasteiger partial charge in [-0.25, -0.2) is 4.79 Å². The molecule has 26 heavy (non-hydrogen) atoms. The van der Waals surface area contributed by atoms with E-state index >= 15 is 0 Å². The van der Waals surface area contributed by atoms with Gasteiger partial charge in [-0.15, -0.1) is 5.10 Å². The van der Waals surface area contributed by atoms with Crippen LogP contribution in [0.4, 0.5) is 23.7 Å². The summed E-state index contributed by atoms with van der Waals surface area (Å²) in [4.78, 5) is 12.3. The van der Waals surface area contributed by atoms with Gasteiger partial charge in [0, 0.05) is 11.8 Å². The molecule has 0 saturated heterocycles. The minimum absolute atomic E-state index is 0.0186. The van der Waals surface area contributed by atoms with Gasteiger partial charge >= 0.3 is 12.2 Å². The van der Waals surface area contributed by atoms with E-state index < -0.39 is 17.8 Å². The summed E-state index contributed by atoms with van der Waals surface area (Å²) >= 11 is 0. The van der Waals surface area contributed by atoms with Crippen LogP contribution in [-0.2, 0) is 6.18 Å². The Labute approximate surface area is 147 Å². The molecule has 0 saturated carbocycles. The number of benzene rings is 2. The fourth-order valence-electron chi connectivity index (χ4n) is 2.26.